The monoisotopic (exact) mass is 350 g/mol. The van der Waals surface area contributed by atoms with Crippen LogP contribution >= 0.6 is 11.6 Å². The summed E-state index contributed by atoms with van der Waals surface area (Å²) in [6, 6.07) is 7.11. The molecule has 2 amide bonds. The highest BCUT2D eigenvalue weighted by atomic mass is 35.5. The van der Waals surface area contributed by atoms with Gasteiger partial charge in [0.15, 0.2) is 0 Å². The Morgan fingerprint density at radius 2 is 1.96 bits per heavy atom. The van der Waals surface area contributed by atoms with Crippen molar-refractivity contribution in [2.45, 2.75) is 32.4 Å². The molecule has 24 heavy (non-hydrogen) atoms. The zero-order valence-electron chi connectivity index (χ0n) is 14.1. The van der Waals surface area contributed by atoms with Gasteiger partial charge in [-0.1, -0.05) is 11.6 Å². The third-order valence-corrected chi connectivity index (χ3v) is 5.09. The molecule has 0 N–H and O–H groups in total. The minimum Gasteiger partial charge on any atom is -0.368 e. The minimum absolute atomic E-state index is 0.0109. The Bertz CT molecular complexity index is 617. The summed E-state index contributed by atoms with van der Waals surface area (Å²) in [6.07, 6.45) is 0.815. The highest BCUT2D eigenvalue weighted by Crippen LogP contribution is 2.26. The van der Waals surface area contributed by atoms with Crippen LogP contribution in [-0.2, 0) is 9.53 Å². The van der Waals surface area contributed by atoms with E-state index in [4.69, 9.17) is 16.3 Å². The Morgan fingerprint density at radius 1 is 1.25 bits per heavy atom. The lowest BCUT2D eigenvalue weighted by atomic mass is 9.93. The van der Waals surface area contributed by atoms with Gasteiger partial charge in [0.2, 0.25) is 5.91 Å². The standard InChI is InChI=1S/C18H23ClN2O3/c1-12(2)21-10-14-9-20(8-7-16(14)24-11-17(21)22)18(23)13-3-5-15(19)6-4-13/h3-6,12,14,16H,7-11H2,1-2H3/t14-,16+/m1/s1. The maximum Gasteiger partial charge on any atom is 0.253 e. The van der Waals surface area contributed by atoms with Crippen molar-refractivity contribution in [3.05, 3.63) is 34.9 Å². The summed E-state index contributed by atoms with van der Waals surface area (Å²) in [5, 5.41) is 0.619. The van der Waals surface area contributed by atoms with E-state index in [1.54, 1.807) is 24.3 Å². The molecule has 130 valence electrons. The largest absolute Gasteiger partial charge is 0.368 e. The first-order valence-electron chi connectivity index (χ1n) is 8.41. The normalized spacial score (nSPS) is 24.8. The second kappa shape index (κ2) is 7.11. The zero-order chi connectivity index (χ0) is 17.3. The smallest absolute Gasteiger partial charge is 0.253 e. The molecule has 0 unspecified atom stereocenters. The molecule has 1 aromatic carbocycles. The van der Waals surface area contributed by atoms with Crippen LogP contribution in [0.15, 0.2) is 24.3 Å². The fourth-order valence-corrected chi connectivity index (χ4v) is 3.61. The molecule has 2 aliphatic heterocycles. The van der Waals surface area contributed by atoms with Crippen LogP contribution in [0, 0.1) is 5.92 Å². The molecule has 1 aromatic rings. The van der Waals surface area contributed by atoms with Gasteiger partial charge in [0.05, 0.1) is 6.10 Å². The number of halogens is 1. The summed E-state index contributed by atoms with van der Waals surface area (Å²) in [5.74, 6) is 0.204. The average molecular weight is 351 g/mol. The predicted octanol–water partition coefficient (Wildman–Crippen LogP) is 2.44. The molecule has 6 heteroatoms. The SMILES string of the molecule is CC(C)N1C[C@H]2CN(C(=O)c3ccc(Cl)cc3)CC[C@@H]2OCC1=O. The molecule has 3 rings (SSSR count). The molecule has 2 atom stereocenters. The molecule has 0 aromatic heterocycles. The van der Waals surface area contributed by atoms with Gasteiger partial charge in [0.25, 0.3) is 5.91 Å². The third-order valence-electron chi connectivity index (χ3n) is 4.84. The van der Waals surface area contributed by atoms with Gasteiger partial charge in [-0.3, -0.25) is 9.59 Å². The number of fused-ring (bicyclic) bond motifs is 1. The summed E-state index contributed by atoms with van der Waals surface area (Å²) in [6.45, 7) is 6.08. The summed E-state index contributed by atoms with van der Waals surface area (Å²) in [7, 11) is 0. The topological polar surface area (TPSA) is 49.9 Å². The Balaban J connectivity index is 1.72. The van der Waals surface area contributed by atoms with Crippen LogP contribution in [0.25, 0.3) is 0 Å². The summed E-state index contributed by atoms with van der Waals surface area (Å²) in [5.41, 5.74) is 0.643. The predicted molar refractivity (Wildman–Crippen MR) is 92.1 cm³/mol. The lowest BCUT2D eigenvalue weighted by Crippen LogP contribution is -2.50. The molecule has 0 saturated carbocycles. The molecule has 2 fully saturated rings. The second-order valence-electron chi connectivity index (χ2n) is 6.80. The Hall–Kier alpha value is -1.59. The van der Waals surface area contributed by atoms with Gasteiger partial charge in [-0.05, 0) is 44.5 Å². The molecule has 5 nitrogen and oxygen atoms in total. The van der Waals surface area contributed by atoms with Gasteiger partial charge in [-0.2, -0.15) is 0 Å². The number of rotatable bonds is 2. The third kappa shape index (κ3) is 3.57. The number of carbonyl (C=O) groups is 2. The lowest BCUT2D eigenvalue weighted by Gasteiger charge is -2.38. The number of ether oxygens (including phenoxy) is 1. The number of amides is 2. The van der Waals surface area contributed by atoms with E-state index in [0.717, 1.165) is 6.42 Å². The quantitative estimate of drug-likeness (QED) is 0.823. The number of piperidine rings is 1. The number of hydrogen-bond acceptors (Lipinski definition) is 3. The van der Waals surface area contributed by atoms with Crippen LogP contribution in [0.4, 0.5) is 0 Å². The number of likely N-dealkylation sites (tertiary alicyclic amines) is 1. The fraction of sp³-hybridized carbons (Fsp3) is 0.556. The number of nitrogens with zero attached hydrogens (tertiary/aromatic N) is 2. The van der Waals surface area contributed by atoms with Gasteiger partial charge in [-0.25, -0.2) is 0 Å². The van der Waals surface area contributed by atoms with E-state index >= 15 is 0 Å². The number of benzene rings is 1. The van der Waals surface area contributed by atoms with Crippen molar-refractivity contribution in [2.24, 2.45) is 5.92 Å². The molecule has 0 radical (unpaired) electrons. The fourth-order valence-electron chi connectivity index (χ4n) is 3.48. The van der Waals surface area contributed by atoms with E-state index in [1.165, 1.54) is 0 Å². The molecule has 0 spiro atoms. The van der Waals surface area contributed by atoms with E-state index in [9.17, 15) is 9.59 Å². The van der Waals surface area contributed by atoms with Crippen LogP contribution in [0.1, 0.15) is 30.6 Å². The number of carbonyl (C=O) groups excluding carboxylic acids is 2. The van der Waals surface area contributed by atoms with E-state index in [-0.39, 0.29) is 36.5 Å². The Labute approximate surface area is 147 Å². The zero-order valence-corrected chi connectivity index (χ0v) is 14.8. The molecular formula is C18H23ClN2O3. The molecule has 2 heterocycles. The first kappa shape index (κ1) is 17.2. The highest BCUT2D eigenvalue weighted by molar-refractivity contribution is 6.30. The van der Waals surface area contributed by atoms with Crippen LogP contribution in [0.2, 0.25) is 5.02 Å². The maximum absolute atomic E-state index is 12.7. The summed E-state index contributed by atoms with van der Waals surface area (Å²) >= 11 is 5.89. The van der Waals surface area contributed by atoms with Crippen LogP contribution in [-0.4, -0.2) is 60.0 Å². The van der Waals surface area contributed by atoms with E-state index < -0.39 is 0 Å². The van der Waals surface area contributed by atoms with Gasteiger partial charge >= 0.3 is 0 Å². The lowest BCUT2D eigenvalue weighted by molar-refractivity contribution is -0.136. The van der Waals surface area contributed by atoms with Crippen molar-refractivity contribution >= 4 is 23.4 Å². The van der Waals surface area contributed by atoms with Gasteiger partial charge in [0, 0.05) is 42.2 Å². The first-order chi connectivity index (χ1) is 11.5. The summed E-state index contributed by atoms with van der Waals surface area (Å²) < 4.78 is 5.80. The molecule has 0 bridgehead atoms. The second-order valence-corrected chi connectivity index (χ2v) is 7.23. The summed E-state index contributed by atoms with van der Waals surface area (Å²) in [4.78, 5) is 28.6. The van der Waals surface area contributed by atoms with Crippen molar-refractivity contribution in [3.63, 3.8) is 0 Å². The Kier molecular flexibility index (Phi) is 5.11. The van der Waals surface area contributed by atoms with Crippen molar-refractivity contribution in [1.29, 1.82) is 0 Å². The van der Waals surface area contributed by atoms with Crippen LogP contribution in [0.5, 0.6) is 0 Å². The van der Waals surface area contributed by atoms with Crippen molar-refractivity contribution < 1.29 is 14.3 Å². The van der Waals surface area contributed by atoms with Crippen LogP contribution < -0.4 is 0 Å². The maximum atomic E-state index is 12.7. The van der Waals surface area contributed by atoms with Gasteiger partial charge < -0.3 is 14.5 Å². The molecule has 0 aliphatic carbocycles. The molecule has 2 aliphatic rings. The average Bonchev–Trinajstić information content (AvgIpc) is 2.74. The van der Waals surface area contributed by atoms with E-state index in [1.807, 2.05) is 23.6 Å². The molecule has 2 saturated heterocycles. The van der Waals surface area contributed by atoms with Crippen molar-refractivity contribution in [3.8, 4) is 0 Å². The van der Waals surface area contributed by atoms with E-state index in [0.29, 0.717) is 30.2 Å². The van der Waals surface area contributed by atoms with Crippen LogP contribution in [0.3, 0.4) is 0 Å². The van der Waals surface area contributed by atoms with Crippen molar-refractivity contribution in [1.82, 2.24) is 9.80 Å². The minimum atomic E-state index is 0.0109. The van der Waals surface area contributed by atoms with E-state index in [2.05, 4.69) is 0 Å². The van der Waals surface area contributed by atoms with Gasteiger partial charge in [-0.15, -0.1) is 0 Å². The number of hydrogen-bond donors (Lipinski definition) is 0. The molecular weight excluding hydrogens is 328 g/mol. The van der Waals surface area contributed by atoms with Crippen molar-refractivity contribution in [2.75, 3.05) is 26.2 Å². The first-order valence-corrected chi connectivity index (χ1v) is 8.79. The Morgan fingerprint density at radius 3 is 2.62 bits per heavy atom. The van der Waals surface area contributed by atoms with Gasteiger partial charge in [0.1, 0.15) is 6.61 Å². The highest BCUT2D eigenvalue weighted by Gasteiger charge is 2.37.